The predicted molar refractivity (Wildman–Crippen MR) is 76.1 cm³/mol. The van der Waals surface area contributed by atoms with E-state index in [1.54, 1.807) is 6.92 Å². The van der Waals surface area contributed by atoms with Crippen LogP contribution in [0.4, 0.5) is 5.69 Å². The minimum atomic E-state index is -3.83. The Morgan fingerprint density at radius 1 is 1.45 bits per heavy atom. The number of sulfonamides is 1. The maximum atomic E-state index is 12.1. The van der Waals surface area contributed by atoms with Crippen LogP contribution < -0.4 is 4.72 Å². The Morgan fingerprint density at radius 3 is 2.65 bits per heavy atom. The molecule has 1 aromatic rings. The lowest BCUT2D eigenvalue weighted by Crippen LogP contribution is -2.25. The normalized spacial score (nSPS) is 10.8. The van der Waals surface area contributed by atoms with Crippen molar-refractivity contribution in [1.29, 1.82) is 0 Å². The van der Waals surface area contributed by atoms with Gasteiger partial charge in [0.1, 0.15) is 5.02 Å². The van der Waals surface area contributed by atoms with Crippen LogP contribution in [0, 0.1) is 28.9 Å². The molecule has 0 radical (unpaired) electrons. The quantitative estimate of drug-likeness (QED) is 0.390. The van der Waals surface area contributed by atoms with E-state index in [4.69, 9.17) is 11.6 Å². The number of rotatable bonds is 5. The fourth-order valence-corrected chi connectivity index (χ4v) is 3.09. The Balaban J connectivity index is 3.13. The summed E-state index contributed by atoms with van der Waals surface area (Å²) >= 11 is 5.72. The van der Waals surface area contributed by atoms with Crippen LogP contribution in [0.1, 0.15) is 18.9 Å². The van der Waals surface area contributed by atoms with Gasteiger partial charge in [0.15, 0.2) is 0 Å². The van der Waals surface area contributed by atoms with Crippen LogP contribution in [-0.2, 0) is 10.0 Å². The molecule has 1 N–H and O–H groups in total. The van der Waals surface area contributed by atoms with E-state index in [0.717, 1.165) is 6.07 Å². The molecule has 0 spiro atoms. The van der Waals surface area contributed by atoms with Crippen LogP contribution in [-0.4, -0.2) is 19.9 Å². The highest BCUT2D eigenvalue weighted by Gasteiger charge is 2.22. The van der Waals surface area contributed by atoms with E-state index in [-0.39, 0.29) is 16.5 Å². The minimum absolute atomic E-state index is 0.0942. The number of nitrogens with zero attached hydrogens (tertiary/aromatic N) is 1. The molecule has 0 bridgehead atoms. The maximum Gasteiger partial charge on any atom is 0.289 e. The van der Waals surface area contributed by atoms with Crippen molar-refractivity contribution in [3.8, 4) is 11.8 Å². The third-order valence-electron chi connectivity index (χ3n) is 2.45. The molecule has 1 aromatic carbocycles. The van der Waals surface area contributed by atoms with Gasteiger partial charge in [-0.2, -0.15) is 0 Å². The van der Waals surface area contributed by atoms with Gasteiger partial charge in [0.05, 0.1) is 9.82 Å². The summed E-state index contributed by atoms with van der Waals surface area (Å²) in [5.74, 6) is 5.36. The van der Waals surface area contributed by atoms with Gasteiger partial charge in [-0.3, -0.25) is 10.1 Å². The molecule has 8 heteroatoms. The molecule has 0 amide bonds. The zero-order chi connectivity index (χ0) is 15.3. The van der Waals surface area contributed by atoms with Crippen molar-refractivity contribution >= 4 is 27.3 Å². The van der Waals surface area contributed by atoms with Crippen molar-refractivity contribution in [1.82, 2.24) is 4.72 Å². The highest BCUT2D eigenvalue weighted by Crippen LogP contribution is 2.29. The van der Waals surface area contributed by atoms with Crippen LogP contribution in [0.3, 0.4) is 0 Å². The Morgan fingerprint density at radius 2 is 2.10 bits per heavy atom. The van der Waals surface area contributed by atoms with Crippen molar-refractivity contribution in [2.75, 3.05) is 6.54 Å². The number of nitrogens with one attached hydrogen (secondary N) is 1. The minimum Gasteiger partial charge on any atom is -0.258 e. The number of nitro benzene ring substituents is 1. The standard InChI is InChI=1S/C12H13ClN2O4S/c1-3-4-5-6-14-20(18,19)12-8-11(15(16)17)10(13)7-9(12)2/h7-8,14H,5-6H2,1-2H3. The van der Waals surface area contributed by atoms with Crippen LogP contribution in [0.15, 0.2) is 17.0 Å². The first-order valence-corrected chi connectivity index (χ1v) is 7.49. The zero-order valence-corrected chi connectivity index (χ0v) is 12.5. The number of aryl methyl sites for hydroxylation is 1. The van der Waals surface area contributed by atoms with Gasteiger partial charge in [0, 0.05) is 19.0 Å². The lowest BCUT2D eigenvalue weighted by Gasteiger charge is -2.09. The predicted octanol–water partition coefficient (Wildman–Crippen LogP) is 2.25. The molecular weight excluding hydrogens is 304 g/mol. The monoisotopic (exact) mass is 316 g/mol. The summed E-state index contributed by atoms with van der Waals surface area (Å²) in [7, 11) is -3.83. The number of hydrogen-bond acceptors (Lipinski definition) is 4. The van der Waals surface area contributed by atoms with Gasteiger partial charge in [0.2, 0.25) is 10.0 Å². The summed E-state index contributed by atoms with van der Waals surface area (Å²) in [6.45, 7) is 3.32. The molecule has 0 atom stereocenters. The molecule has 1 rings (SSSR count). The number of hydrogen-bond donors (Lipinski definition) is 1. The largest absolute Gasteiger partial charge is 0.289 e. The molecule has 0 fully saturated rings. The maximum absolute atomic E-state index is 12.1. The van der Waals surface area contributed by atoms with E-state index in [1.165, 1.54) is 13.0 Å². The van der Waals surface area contributed by atoms with Gasteiger partial charge in [0.25, 0.3) is 5.69 Å². The van der Waals surface area contributed by atoms with Crippen LogP contribution in [0.2, 0.25) is 5.02 Å². The van der Waals surface area contributed by atoms with E-state index in [2.05, 4.69) is 16.6 Å². The van der Waals surface area contributed by atoms with E-state index >= 15 is 0 Å². The van der Waals surface area contributed by atoms with Crippen LogP contribution >= 0.6 is 11.6 Å². The van der Waals surface area contributed by atoms with Gasteiger partial charge < -0.3 is 0 Å². The summed E-state index contributed by atoms with van der Waals surface area (Å²) < 4.78 is 26.5. The topological polar surface area (TPSA) is 89.3 Å². The molecular formula is C12H13ClN2O4S. The molecule has 0 saturated heterocycles. The smallest absolute Gasteiger partial charge is 0.258 e. The van der Waals surface area contributed by atoms with Gasteiger partial charge in [-0.05, 0) is 25.5 Å². The number of nitro groups is 1. The lowest BCUT2D eigenvalue weighted by molar-refractivity contribution is -0.384. The fourth-order valence-electron chi connectivity index (χ4n) is 1.52. The third-order valence-corrected chi connectivity index (χ3v) is 4.36. The molecule has 20 heavy (non-hydrogen) atoms. The molecule has 0 aliphatic carbocycles. The average Bonchev–Trinajstić information content (AvgIpc) is 2.33. The number of benzene rings is 1. The molecule has 0 aliphatic rings. The van der Waals surface area contributed by atoms with E-state index in [1.807, 2.05) is 0 Å². The second-order valence-electron chi connectivity index (χ2n) is 3.90. The van der Waals surface area contributed by atoms with Gasteiger partial charge in [-0.25, -0.2) is 13.1 Å². The second-order valence-corrected chi connectivity index (χ2v) is 6.04. The van der Waals surface area contributed by atoms with E-state index in [9.17, 15) is 18.5 Å². The second kappa shape index (κ2) is 6.70. The lowest BCUT2D eigenvalue weighted by atomic mass is 10.2. The summed E-state index contributed by atoms with van der Waals surface area (Å²) in [6, 6.07) is 2.23. The van der Waals surface area contributed by atoms with Gasteiger partial charge in [-0.15, -0.1) is 11.8 Å². The van der Waals surface area contributed by atoms with Crippen molar-refractivity contribution in [2.45, 2.75) is 25.2 Å². The Labute approximate surface area is 122 Å². The van der Waals surface area contributed by atoms with Crippen molar-refractivity contribution in [3.05, 3.63) is 32.8 Å². The Kier molecular flexibility index (Phi) is 5.51. The molecule has 0 unspecified atom stereocenters. The fraction of sp³-hybridized carbons (Fsp3) is 0.333. The van der Waals surface area contributed by atoms with Gasteiger partial charge in [-0.1, -0.05) is 11.6 Å². The average molecular weight is 317 g/mol. The molecule has 6 nitrogen and oxygen atoms in total. The zero-order valence-electron chi connectivity index (χ0n) is 10.9. The summed E-state index contributed by atoms with van der Waals surface area (Å²) in [4.78, 5) is 9.93. The van der Waals surface area contributed by atoms with E-state index < -0.39 is 20.6 Å². The summed E-state index contributed by atoms with van der Waals surface area (Å²) in [5, 5.41) is 10.7. The first kappa shape index (κ1) is 16.4. The van der Waals surface area contributed by atoms with Crippen LogP contribution in [0.5, 0.6) is 0 Å². The molecule has 0 aliphatic heterocycles. The van der Waals surface area contributed by atoms with Crippen molar-refractivity contribution in [3.63, 3.8) is 0 Å². The highest BCUT2D eigenvalue weighted by molar-refractivity contribution is 7.89. The molecule has 0 aromatic heterocycles. The molecule has 108 valence electrons. The Hall–Kier alpha value is -1.62. The summed E-state index contributed by atoms with van der Waals surface area (Å²) in [5.41, 5.74) is -0.0966. The first-order valence-electron chi connectivity index (χ1n) is 5.63. The molecule has 0 heterocycles. The molecule has 0 saturated carbocycles. The van der Waals surface area contributed by atoms with E-state index in [0.29, 0.717) is 12.0 Å². The highest BCUT2D eigenvalue weighted by atomic mass is 35.5. The number of halogens is 1. The Bertz CT molecular complexity index is 689. The summed E-state index contributed by atoms with van der Waals surface area (Å²) in [6.07, 6.45) is 0.366. The van der Waals surface area contributed by atoms with Crippen molar-refractivity contribution < 1.29 is 13.3 Å². The third kappa shape index (κ3) is 3.93. The SMILES string of the molecule is CC#CCCNS(=O)(=O)c1cc([N+](=O)[O-])c(Cl)cc1C. The van der Waals surface area contributed by atoms with Crippen LogP contribution in [0.25, 0.3) is 0 Å². The first-order chi connectivity index (χ1) is 9.29. The van der Waals surface area contributed by atoms with Crippen molar-refractivity contribution in [2.24, 2.45) is 0 Å². The van der Waals surface area contributed by atoms with Gasteiger partial charge >= 0.3 is 0 Å².